The minimum absolute atomic E-state index is 0.107. The molecular weight excluding hydrogens is 367 g/mol. The highest BCUT2D eigenvalue weighted by Gasteiger charge is 2.33. The van der Waals surface area contributed by atoms with Crippen LogP contribution in [0, 0.1) is 5.82 Å². The van der Waals surface area contributed by atoms with Crippen molar-refractivity contribution in [3.8, 4) is 11.3 Å². The zero-order valence-electron chi connectivity index (χ0n) is 14.6. The summed E-state index contributed by atoms with van der Waals surface area (Å²) in [6.07, 6.45) is 1.96. The van der Waals surface area contributed by atoms with Crippen molar-refractivity contribution in [1.82, 2.24) is 10.1 Å². The van der Waals surface area contributed by atoms with Crippen LogP contribution in [0.15, 0.2) is 59.1 Å². The van der Waals surface area contributed by atoms with Crippen LogP contribution in [-0.2, 0) is 17.8 Å². The molecule has 1 aliphatic carbocycles. The van der Waals surface area contributed by atoms with Crippen molar-refractivity contribution in [1.29, 1.82) is 0 Å². The summed E-state index contributed by atoms with van der Waals surface area (Å²) in [5.74, 6) is 0.118. The summed E-state index contributed by atoms with van der Waals surface area (Å²) in [6.45, 7) is 0.165. The second kappa shape index (κ2) is 7.53. The molecule has 0 spiro atoms. The summed E-state index contributed by atoms with van der Waals surface area (Å²) in [6, 6.07) is 16.1. The minimum Gasteiger partial charge on any atom is -0.356 e. The molecule has 0 atom stereocenters. The molecule has 27 heavy (non-hydrogen) atoms. The van der Waals surface area contributed by atoms with E-state index in [9.17, 15) is 9.18 Å². The Hall–Kier alpha value is -2.66. The van der Waals surface area contributed by atoms with Gasteiger partial charge in [0.05, 0.1) is 18.7 Å². The Morgan fingerprint density at radius 1 is 1.19 bits per heavy atom. The van der Waals surface area contributed by atoms with Crippen LogP contribution in [0.4, 0.5) is 4.39 Å². The van der Waals surface area contributed by atoms with E-state index in [-0.39, 0.29) is 24.9 Å². The van der Waals surface area contributed by atoms with Crippen LogP contribution >= 0.6 is 11.6 Å². The number of amides is 1. The van der Waals surface area contributed by atoms with Gasteiger partial charge in [0.2, 0.25) is 5.91 Å². The molecule has 2 aromatic carbocycles. The molecule has 0 saturated heterocycles. The van der Waals surface area contributed by atoms with Crippen LogP contribution < -0.4 is 0 Å². The van der Waals surface area contributed by atoms with Gasteiger partial charge in [-0.25, -0.2) is 4.39 Å². The zero-order chi connectivity index (χ0) is 18.8. The van der Waals surface area contributed by atoms with E-state index in [0.717, 1.165) is 18.4 Å². The van der Waals surface area contributed by atoms with E-state index in [1.165, 1.54) is 6.07 Å². The van der Waals surface area contributed by atoms with Crippen molar-refractivity contribution in [2.75, 3.05) is 0 Å². The quantitative estimate of drug-likeness (QED) is 0.609. The first-order chi connectivity index (χ1) is 13.1. The molecule has 1 aromatic heterocycles. The molecule has 1 saturated carbocycles. The van der Waals surface area contributed by atoms with E-state index in [4.69, 9.17) is 16.1 Å². The molecule has 1 heterocycles. The van der Waals surface area contributed by atoms with Crippen molar-refractivity contribution in [3.63, 3.8) is 0 Å². The van der Waals surface area contributed by atoms with Crippen molar-refractivity contribution in [3.05, 3.63) is 76.7 Å². The summed E-state index contributed by atoms with van der Waals surface area (Å²) in [5.41, 5.74) is 1.81. The fraction of sp³-hybridized carbons (Fsp3) is 0.238. The molecule has 3 aromatic rings. The molecule has 0 unspecified atom stereocenters. The van der Waals surface area contributed by atoms with Crippen LogP contribution in [0.3, 0.4) is 0 Å². The van der Waals surface area contributed by atoms with Gasteiger partial charge in [-0.1, -0.05) is 53.2 Å². The first kappa shape index (κ1) is 17.7. The average molecular weight is 385 g/mol. The van der Waals surface area contributed by atoms with Crippen molar-refractivity contribution in [2.45, 2.75) is 31.8 Å². The number of carbonyl (C=O) groups excluding carboxylic acids is 1. The Labute approximate surface area is 161 Å². The lowest BCUT2D eigenvalue weighted by Crippen LogP contribution is -2.34. The van der Waals surface area contributed by atoms with Crippen LogP contribution in [0.25, 0.3) is 11.3 Å². The number of benzene rings is 2. The second-order valence-electron chi connectivity index (χ2n) is 6.68. The van der Waals surface area contributed by atoms with Gasteiger partial charge >= 0.3 is 0 Å². The van der Waals surface area contributed by atoms with Gasteiger partial charge in [0.1, 0.15) is 5.82 Å². The monoisotopic (exact) mass is 384 g/mol. The number of nitrogens with zero attached hydrogens (tertiary/aromatic N) is 2. The first-order valence-electron chi connectivity index (χ1n) is 8.85. The lowest BCUT2D eigenvalue weighted by atomic mass is 10.1. The molecule has 0 N–H and O–H groups in total. The second-order valence-corrected chi connectivity index (χ2v) is 7.09. The van der Waals surface area contributed by atoms with Gasteiger partial charge in [-0.2, -0.15) is 0 Å². The highest BCUT2D eigenvalue weighted by Crippen LogP contribution is 2.31. The number of hydrogen-bond donors (Lipinski definition) is 0. The van der Waals surface area contributed by atoms with Gasteiger partial charge in [0.25, 0.3) is 0 Å². The van der Waals surface area contributed by atoms with E-state index in [1.54, 1.807) is 23.1 Å². The Kier molecular flexibility index (Phi) is 4.94. The summed E-state index contributed by atoms with van der Waals surface area (Å²) in [4.78, 5) is 14.5. The summed E-state index contributed by atoms with van der Waals surface area (Å²) in [5, 5.41) is 4.35. The summed E-state index contributed by atoms with van der Waals surface area (Å²) < 4.78 is 19.5. The number of carbonyl (C=O) groups is 1. The van der Waals surface area contributed by atoms with E-state index in [1.807, 2.05) is 30.3 Å². The van der Waals surface area contributed by atoms with Gasteiger partial charge in [-0.15, -0.1) is 0 Å². The maximum Gasteiger partial charge on any atom is 0.229 e. The van der Waals surface area contributed by atoms with Gasteiger partial charge in [0.15, 0.2) is 5.76 Å². The number of halogens is 2. The Morgan fingerprint density at radius 3 is 2.67 bits per heavy atom. The number of hydrogen-bond acceptors (Lipinski definition) is 3. The van der Waals surface area contributed by atoms with Crippen LogP contribution in [0.5, 0.6) is 0 Å². The maximum absolute atomic E-state index is 14.1. The highest BCUT2D eigenvalue weighted by molar-refractivity contribution is 6.31. The Morgan fingerprint density at radius 2 is 1.96 bits per heavy atom. The Bertz CT molecular complexity index is 934. The third kappa shape index (κ3) is 4.03. The largest absolute Gasteiger partial charge is 0.356 e. The topological polar surface area (TPSA) is 46.3 Å². The zero-order valence-corrected chi connectivity index (χ0v) is 15.3. The van der Waals surface area contributed by atoms with Crippen LogP contribution in [0.1, 0.15) is 24.1 Å². The fourth-order valence-electron chi connectivity index (χ4n) is 3.05. The molecule has 0 aliphatic heterocycles. The molecule has 1 aliphatic rings. The van der Waals surface area contributed by atoms with Crippen LogP contribution in [-0.4, -0.2) is 22.0 Å². The van der Waals surface area contributed by atoms with Gasteiger partial charge in [-0.3, -0.25) is 4.79 Å². The van der Waals surface area contributed by atoms with Crippen molar-refractivity contribution in [2.24, 2.45) is 0 Å². The molecule has 138 valence electrons. The van der Waals surface area contributed by atoms with Crippen LogP contribution in [0.2, 0.25) is 5.02 Å². The average Bonchev–Trinajstić information content (AvgIpc) is 3.40. The molecule has 1 fully saturated rings. The molecule has 1 amide bonds. The van der Waals surface area contributed by atoms with E-state index in [0.29, 0.717) is 22.0 Å². The van der Waals surface area contributed by atoms with Crippen molar-refractivity contribution >= 4 is 17.5 Å². The van der Waals surface area contributed by atoms with Crippen molar-refractivity contribution < 1.29 is 13.7 Å². The van der Waals surface area contributed by atoms with E-state index >= 15 is 0 Å². The standard InChI is InChI=1S/C21H18ClFN2O2/c22-18-7-4-8-19(23)17(18)13-25(16-9-10-16)21(26)12-15-11-20(27-24-15)14-5-2-1-3-6-14/h1-8,11,16H,9-10,12-13H2. The third-order valence-electron chi connectivity index (χ3n) is 4.65. The number of rotatable bonds is 6. The predicted octanol–water partition coefficient (Wildman–Crippen LogP) is 4.87. The fourth-order valence-corrected chi connectivity index (χ4v) is 3.27. The summed E-state index contributed by atoms with van der Waals surface area (Å²) in [7, 11) is 0. The maximum atomic E-state index is 14.1. The normalized spacial score (nSPS) is 13.6. The van der Waals surface area contributed by atoms with Gasteiger partial charge < -0.3 is 9.42 Å². The minimum atomic E-state index is -0.395. The highest BCUT2D eigenvalue weighted by atomic mass is 35.5. The smallest absolute Gasteiger partial charge is 0.229 e. The molecule has 4 nitrogen and oxygen atoms in total. The van der Waals surface area contributed by atoms with E-state index in [2.05, 4.69) is 5.16 Å². The number of aromatic nitrogens is 1. The molecule has 0 radical (unpaired) electrons. The SMILES string of the molecule is O=C(Cc1cc(-c2ccccc2)on1)N(Cc1c(F)cccc1Cl)C1CC1. The van der Waals surface area contributed by atoms with Gasteiger partial charge in [0, 0.05) is 28.3 Å². The van der Waals surface area contributed by atoms with Gasteiger partial charge in [-0.05, 0) is 25.0 Å². The third-order valence-corrected chi connectivity index (χ3v) is 5.00. The Balaban J connectivity index is 1.50. The lowest BCUT2D eigenvalue weighted by molar-refractivity contribution is -0.131. The molecule has 0 bridgehead atoms. The lowest BCUT2D eigenvalue weighted by Gasteiger charge is -2.23. The molecule has 4 rings (SSSR count). The summed E-state index contributed by atoms with van der Waals surface area (Å²) >= 11 is 6.13. The predicted molar refractivity (Wildman–Crippen MR) is 101 cm³/mol. The molecular formula is C21H18ClFN2O2. The van der Waals surface area contributed by atoms with E-state index < -0.39 is 5.82 Å². The molecule has 6 heteroatoms. The first-order valence-corrected chi connectivity index (χ1v) is 9.23.